The van der Waals surface area contributed by atoms with Crippen LogP contribution in [0.2, 0.25) is 0 Å². The van der Waals surface area contributed by atoms with Crippen LogP contribution in [0.5, 0.6) is 0 Å². The molecule has 24 heavy (non-hydrogen) atoms. The van der Waals surface area contributed by atoms with Gasteiger partial charge >= 0.3 is 0 Å². The Bertz CT molecular complexity index is 566. The molecule has 0 aromatic carbocycles. The molecule has 2 nitrogen and oxygen atoms in total. The van der Waals surface area contributed by atoms with Crippen molar-refractivity contribution in [3.05, 3.63) is 11.6 Å². The number of rotatable bonds is 0. The fourth-order valence-electron chi connectivity index (χ4n) is 6.96. The molecule has 5 atom stereocenters. The van der Waals surface area contributed by atoms with Gasteiger partial charge in [-0.05, 0) is 67.3 Å². The van der Waals surface area contributed by atoms with Gasteiger partial charge in [-0.3, -0.25) is 0 Å². The predicted molar refractivity (Wildman–Crippen MR) is 86.7 cm³/mol. The first-order valence-electron chi connectivity index (χ1n) is 9.82. The second kappa shape index (κ2) is 5.03. The van der Waals surface area contributed by atoms with E-state index in [1.54, 1.807) is 6.08 Å². The van der Waals surface area contributed by atoms with E-state index in [-0.39, 0.29) is 18.3 Å². The van der Waals surface area contributed by atoms with E-state index in [0.717, 1.165) is 25.7 Å². The Morgan fingerprint density at radius 3 is 2.58 bits per heavy atom. The third kappa shape index (κ3) is 2.11. The maximum Gasteiger partial charge on any atom is 0.270 e. The average molecular weight is 338 g/mol. The van der Waals surface area contributed by atoms with Crippen LogP contribution >= 0.6 is 0 Å². The SMILES string of the molecule is C[C@@]12CCC[C@H]1[C@@H]1CC(F)(F)C3=CC4(CC[C@@H]3[C@H]1CC2)OCCO4. The summed E-state index contributed by atoms with van der Waals surface area (Å²) < 4.78 is 41.7. The van der Waals surface area contributed by atoms with Gasteiger partial charge in [0.15, 0.2) is 5.79 Å². The summed E-state index contributed by atoms with van der Waals surface area (Å²) in [6.45, 7) is 3.40. The van der Waals surface area contributed by atoms with Gasteiger partial charge in [0.2, 0.25) is 0 Å². The minimum absolute atomic E-state index is 0.0438. The molecule has 1 aliphatic heterocycles. The molecule has 4 fully saturated rings. The van der Waals surface area contributed by atoms with Gasteiger partial charge in [0.05, 0.1) is 13.2 Å². The zero-order chi connectivity index (χ0) is 16.6. The topological polar surface area (TPSA) is 18.5 Å². The first-order valence-corrected chi connectivity index (χ1v) is 9.82. The molecule has 1 spiro atoms. The molecule has 1 saturated heterocycles. The first kappa shape index (κ1) is 15.7. The molecule has 3 saturated carbocycles. The number of hydrogen-bond donors (Lipinski definition) is 0. The summed E-state index contributed by atoms with van der Waals surface area (Å²) in [5.41, 5.74) is 0.671. The monoisotopic (exact) mass is 338 g/mol. The van der Waals surface area contributed by atoms with E-state index in [0.29, 0.717) is 36.0 Å². The van der Waals surface area contributed by atoms with Crippen LogP contribution in [-0.2, 0) is 9.47 Å². The van der Waals surface area contributed by atoms with Crippen LogP contribution < -0.4 is 0 Å². The van der Waals surface area contributed by atoms with E-state index in [9.17, 15) is 0 Å². The van der Waals surface area contributed by atoms with E-state index < -0.39 is 11.7 Å². The zero-order valence-electron chi connectivity index (χ0n) is 14.5. The molecule has 0 N–H and O–H groups in total. The number of fused-ring (bicyclic) bond motifs is 5. The van der Waals surface area contributed by atoms with Crippen LogP contribution in [0.15, 0.2) is 11.6 Å². The summed E-state index contributed by atoms with van der Waals surface area (Å²) >= 11 is 0. The molecule has 0 amide bonds. The molecule has 0 aromatic rings. The Kier molecular flexibility index (Phi) is 3.30. The van der Waals surface area contributed by atoms with Crippen LogP contribution in [-0.4, -0.2) is 24.9 Å². The van der Waals surface area contributed by atoms with E-state index in [1.807, 2.05) is 0 Å². The Morgan fingerprint density at radius 2 is 1.79 bits per heavy atom. The highest BCUT2D eigenvalue weighted by Gasteiger charge is 2.60. The van der Waals surface area contributed by atoms with Gasteiger partial charge in [0.1, 0.15) is 0 Å². The number of allylic oxidation sites excluding steroid dienone is 1. The summed E-state index contributed by atoms with van der Waals surface area (Å²) in [5, 5.41) is 0. The van der Waals surface area contributed by atoms with Gasteiger partial charge in [-0.1, -0.05) is 13.3 Å². The van der Waals surface area contributed by atoms with Crippen molar-refractivity contribution in [3.63, 3.8) is 0 Å². The van der Waals surface area contributed by atoms with Crippen molar-refractivity contribution in [1.82, 2.24) is 0 Å². The molecule has 1 heterocycles. The maximum absolute atomic E-state index is 15.1. The summed E-state index contributed by atoms with van der Waals surface area (Å²) in [6, 6.07) is 0. The van der Waals surface area contributed by atoms with E-state index >= 15 is 8.78 Å². The summed E-state index contributed by atoms with van der Waals surface area (Å²) in [7, 11) is 0. The van der Waals surface area contributed by atoms with Gasteiger partial charge < -0.3 is 9.47 Å². The van der Waals surface area contributed by atoms with Crippen LogP contribution in [0.3, 0.4) is 0 Å². The van der Waals surface area contributed by atoms with Crippen molar-refractivity contribution in [2.24, 2.45) is 29.1 Å². The average Bonchev–Trinajstić information content (AvgIpc) is 3.14. The quantitative estimate of drug-likeness (QED) is 0.583. The normalized spacial score (nSPS) is 48.5. The molecule has 4 aliphatic carbocycles. The fourth-order valence-corrected chi connectivity index (χ4v) is 6.96. The van der Waals surface area contributed by atoms with Gasteiger partial charge in [-0.15, -0.1) is 0 Å². The highest BCUT2D eigenvalue weighted by Crippen LogP contribution is 2.64. The first-order chi connectivity index (χ1) is 11.4. The third-order valence-corrected chi connectivity index (χ3v) is 8.06. The van der Waals surface area contributed by atoms with Crippen molar-refractivity contribution < 1.29 is 18.3 Å². The van der Waals surface area contributed by atoms with Crippen molar-refractivity contribution in [2.75, 3.05) is 13.2 Å². The van der Waals surface area contributed by atoms with Gasteiger partial charge in [0, 0.05) is 18.4 Å². The minimum Gasteiger partial charge on any atom is -0.344 e. The predicted octanol–water partition coefficient (Wildman–Crippen LogP) is 4.94. The molecule has 4 heteroatoms. The summed E-state index contributed by atoms with van der Waals surface area (Å²) in [6.07, 6.45) is 9.27. The molecule has 5 rings (SSSR count). The van der Waals surface area contributed by atoms with Crippen LogP contribution in [0, 0.1) is 29.1 Å². The molecule has 5 aliphatic rings. The second-order valence-electron chi connectivity index (χ2n) is 9.18. The second-order valence-corrected chi connectivity index (χ2v) is 9.18. The van der Waals surface area contributed by atoms with Crippen LogP contribution in [0.4, 0.5) is 8.78 Å². The van der Waals surface area contributed by atoms with E-state index in [2.05, 4.69) is 6.92 Å². The van der Waals surface area contributed by atoms with E-state index in [4.69, 9.17) is 9.47 Å². The maximum atomic E-state index is 15.1. The number of alkyl halides is 2. The van der Waals surface area contributed by atoms with Gasteiger partial charge in [0.25, 0.3) is 5.92 Å². The molecule has 0 bridgehead atoms. The lowest BCUT2D eigenvalue weighted by Crippen LogP contribution is -2.52. The van der Waals surface area contributed by atoms with E-state index in [1.165, 1.54) is 19.3 Å². The molecule has 0 radical (unpaired) electrons. The fraction of sp³-hybridized carbons (Fsp3) is 0.900. The summed E-state index contributed by atoms with van der Waals surface area (Å²) in [5.74, 6) is -2.32. The lowest BCUT2D eigenvalue weighted by atomic mass is 9.51. The van der Waals surface area contributed by atoms with Gasteiger partial charge in [-0.2, -0.15) is 0 Å². The Labute approximate surface area is 143 Å². The Hall–Kier alpha value is -0.480. The lowest BCUT2D eigenvalue weighted by molar-refractivity contribution is -0.150. The molecule has 0 aromatic heterocycles. The molecule has 0 unspecified atom stereocenters. The third-order valence-electron chi connectivity index (χ3n) is 8.06. The number of halogens is 2. The number of hydrogen-bond acceptors (Lipinski definition) is 2. The highest BCUT2D eigenvalue weighted by molar-refractivity contribution is 5.28. The number of ether oxygens (including phenoxy) is 2. The van der Waals surface area contributed by atoms with Crippen molar-refractivity contribution in [2.45, 2.75) is 70.0 Å². The van der Waals surface area contributed by atoms with Crippen LogP contribution in [0.25, 0.3) is 0 Å². The smallest absolute Gasteiger partial charge is 0.270 e. The minimum atomic E-state index is -2.69. The molecule has 134 valence electrons. The van der Waals surface area contributed by atoms with Crippen molar-refractivity contribution >= 4 is 0 Å². The largest absolute Gasteiger partial charge is 0.344 e. The van der Waals surface area contributed by atoms with Gasteiger partial charge in [-0.25, -0.2) is 8.78 Å². The summed E-state index contributed by atoms with van der Waals surface area (Å²) in [4.78, 5) is 0. The highest BCUT2D eigenvalue weighted by atomic mass is 19.3. The van der Waals surface area contributed by atoms with Crippen molar-refractivity contribution in [1.29, 1.82) is 0 Å². The Morgan fingerprint density at radius 1 is 1.00 bits per heavy atom. The standard InChI is InChI=1S/C20H28F2O2/c1-18-6-2-3-16(18)15-11-20(21,22)17-12-19(23-9-10-24-19)8-5-14(17)13(15)4-7-18/h12-16H,2-11H2,1H3/t13-,14-,15-,16+,18+/m1/s1. The molecular formula is C20H28F2O2. The lowest BCUT2D eigenvalue weighted by Gasteiger charge is -2.55. The van der Waals surface area contributed by atoms with Crippen LogP contribution in [0.1, 0.15) is 58.3 Å². The van der Waals surface area contributed by atoms with Crippen molar-refractivity contribution in [3.8, 4) is 0 Å². The molecular weight excluding hydrogens is 310 g/mol. The zero-order valence-corrected chi connectivity index (χ0v) is 14.5. The Balaban J connectivity index is 1.51.